The maximum atomic E-state index is 12.9. The summed E-state index contributed by atoms with van der Waals surface area (Å²) in [6.45, 7) is 3.63. The number of aryl methyl sites for hydroxylation is 1. The SMILES string of the molecule is Cc1cc(-n2ncc3cc(CC(=O)C[C@H]4CN(C)C[C@@H]4Oc4ccccc4)ncc32)ccn1. The summed E-state index contributed by atoms with van der Waals surface area (Å²) in [6.07, 6.45) is 6.19. The number of likely N-dealkylation sites (N-methyl/N-ethyl adjacent to an activating group) is 1. The molecular weight excluding hydrogens is 414 g/mol. The van der Waals surface area contributed by atoms with Gasteiger partial charge in [0, 0.05) is 54.8 Å². The molecular formula is C26H27N5O2. The highest BCUT2D eigenvalue weighted by molar-refractivity contribution is 5.84. The zero-order valence-electron chi connectivity index (χ0n) is 18.9. The van der Waals surface area contributed by atoms with Gasteiger partial charge in [-0.3, -0.25) is 14.8 Å². The highest BCUT2D eigenvalue weighted by atomic mass is 16.5. The number of benzene rings is 1. The molecule has 0 bridgehead atoms. The Bertz CT molecular complexity index is 1270. The summed E-state index contributed by atoms with van der Waals surface area (Å²) in [7, 11) is 2.07. The normalized spacial score (nSPS) is 18.6. The Morgan fingerprint density at radius 2 is 1.94 bits per heavy atom. The highest BCUT2D eigenvalue weighted by Crippen LogP contribution is 2.25. The van der Waals surface area contributed by atoms with Crippen molar-refractivity contribution >= 4 is 16.7 Å². The minimum Gasteiger partial charge on any atom is -0.489 e. The minimum atomic E-state index is 0.0128. The Balaban J connectivity index is 1.27. The Kier molecular flexibility index (Phi) is 5.88. The van der Waals surface area contributed by atoms with Crippen LogP contribution in [-0.4, -0.2) is 56.7 Å². The van der Waals surface area contributed by atoms with E-state index in [1.807, 2.05) is 66.3 Å². The molecule has 0 amide bonds. The van der Waals surface area contributed by atoms with E-state index in [1.165, 1.54) is 0 Å². The number of aromatic nitrogens is 4. The number of rotatable bonds is 7. The second kappa shape index (κ2) is 9.11. The van der Waals surface area contributed by atoms with Crippen LogP contribution in [-0.2, 0) is 11.2 Å². The van der Waals surface area contributed by atoms with Crippen molar-refractivity contribution in [3.05, 3.63) is 78.5 Å². The molecule has 0 unspecified atom stereocenters. The van der Waals surface area contributed by atoms with Gasteiger partial charge < -0.3 is 9.64 Å². The van der Waals surface area contributed by atoms with E-state index in [0.29, 0.717) is 12.8 Å². The van der Waals surface area contributed by atoms with E-state index in [0.717, 1.165) is 46.8 Å². The van der Waals surface area contributed by atoms with Crippen LogP contribution in [0, 0.1) is 12.8 Å². The number of fused-ring (bicyclic) bond motifs is 1. The Hall–Kier alpha value is -3.58. The molecule has 7 heteroatoms. The maximum Gasteiger partial charge on any atom is 0.139 e. The summed E-state index contributed by atoms with van der Waals surface area (Å²) in [4.78, 5) is 24.0. The third-order valence-corrected chi connectivity index (χ3v) is 6.10. The highest BCUT2D eigenvalue weighted by Gasteiger charge is 2.34. The fourth-order valence-corrected chi connectivity index (χ4v) is 4.56. The number of ketones is 1. The molecule has 0 aliphatic carbocycles. The number of para-hydroxylation sites is 1. The number of likely N-dealkylation sites (tertiary alicyclic amines) is 1. The molecule has 1 fully saturated rings. The molecule has 0 N–H and O–H groups in total. The predicted octanol–water partition coefficient (Wildman–Crippen LogP) is 3.63. The number of carbonyl (C=O) groups excluding carboxylic acids is 1. The van der Waals surface area contributed by atoms with Crippen molar-refractivity contribution in [1.82, 2.24) is 24.6 Å². The minimum absolute atomic E-state index is 0.0128. The third-order valence-electron chi connectivity index (χ3n) is 6.10. The molecule has 5 rings (SSSR count). The van der Waals surface area contributed by atoms with E-state index >= 15 is 0 Å². The fraction of sp³-hybridized carbons (Fsp3) is 0.308. The van der Waals surface area contributed by atoms with Crippen molar-refractivity contribution in [2.24, 2.45) is 5.92 Å². The van der Waals surface area contributed by atoms with Gasteiger partial charge in [0.05, 0.1) is 23.6 Å². The van der Waals surface area contributed by atoms with E-state index in [2.05, 4.69) is 27.0 Å². The van der Waals surface area contributed by atoms with Gasteiger partial charge in [-0.2, -0.15) is 5.10 Å². The van der Waals surface area contributed by atoms with Crippen LogP contribution in [0.3, 0.4) is 0 Å². The fourth-order valence-electron chi connectivity index (χ4n) is 4.56. The summed E-state index contributed by atoms with van der Waals surface area (Å²) < 4.78 is 8.04. The van der Waals surface area contributed by atoms with Gasteiger partial charge >= 0.3 is 0 Å². The molecule has 2 atom stereocenters. The van der Waals surface area contributed by atoms with E-state index in [-0.39, 0.29) is 17.8 Å². The molecule has 0 saturated carbocycles. The zero-order chi connectivity index (χ0) is 22.8. The van der Waals surface area contributed by atoms with Gasteiger partial charge in [0.15, 0.2) is 0 Å². The molecule has 0 spiro atoms. The lowest BCUT2D eigenvalue weighted by atomic mass is 9.97. The van der Waals surface area contributed by atoms with Crippen LogP contribution in [0.1, 0.15) is 17.8 Å². The Morgan fingerprint density at radius 3 is 2.76 bits per heavy atom. The standard InChI is InChI=1S/C26H27N5O2/c1-18-10-22(8-9-27-18)31-25-15-28-21(11-19(25)14-29-31)13-23(32)12-20-16-30(2)17-26(20)33-24-6-4-3-5-7-24/h3-11,14-15,20,26H,12-13,16-17H2,1-2H3/t20-,26-/m0/s1. The van der Waals surface area contributed by atoms with E-state index in [1.54, 1.807) is 12.4 Å². The van der Waals surface area contributed by atoms with Gasteiger partial charge in [0.2, 0.25) is 0 Å². The van der Waals surface area contributed by atoms with Crippen molar-refractivity contribution in [2.75, 3.05) is 20.1 Å². The quantitative estimate of drug-likeness (QED) is 0.436. The van der Waals surface area contributed by atoms with Gasteiger partial charge in [-0.15, -0.1) is 0 Å². The molecule has 1 saturated heterocycles. The second-order valence-corrected chi connectivity index (χ2v) is 8.82. The number of hydrogen-bond acceptors (Lipinski definition) is 6. The average Bonchev–Trinajstić information content (AvgIpc) is 3.37. The number of carbonyl (C=O) groups is 1. The smallest absolute Gasteiger partial charge is 0.139 e. The molecule has 7 nitrogen and oxygen atoms in total. The molecule has 4 aromatic rings. The monoisotopic (exact) mass is 441 g/mol. The first-order chi connectivity index (χ1) is 16.0. The van der Waals surface area contributed by atoms with Crippen LogP contribution < -0.4 is 4.74 Å². The summed E-state index contributed by atoms with van der Waals surface area (Å²) in [5, 5.41) is 5.48. The first kappa shape index (κ1) is 21.3. The van der Waals surface area contributed by atoms with Gasteiger partial charge in [0.1, 0.15) is 17.6 Å². The largest absolute Gasteiger partial charge is 0.489 e. The van der Waals surface area contributed by atoms with Crippen molar-refractivity contribution in [3.8, 4) is 11.4 Å². The summed E-state index contributed by atoms with van der Waals surface area (Å²) in [5.41, 5.74) is 3.55. The predicted molar refractivity (Wildman–Crippen MR) is 127 cm³/mol. The number of pyridine rings is 2. The average molecular weight is 442 g/mol. The Morgan fingerprint density at radius 1 is 1.09 bits per heavy atom. The van der Waals surface area contributed by atoms with Crippen molar-refractivity contribution in [1.29, 1.82) is 0 Å². The van der Waals surface area contributed by atoms with Crippen molar-refractivity contribution in [2.45, 2.75) is 25.9 Å². The van der Waals surface area contributed by atoms with Crippen LogP contribution >= 0.6 is 0 Å². The molecule has 168 valence electrons. The van der Waals surface area contributed by atoms with Gasteiger partial charge in [-0.05, 0) is 44.3 Å². The molecule has 3 aromatic heterocycles. The first-order valence-corrected chi connectivity index (χ1v) is 11.2. The number of ether oxygens (including phenoxy) is 1. The lowest BCUT2D eigenvalue weighted by molar-refractivity contribution is -0.119. The van der Waals surface area contributed by atoms with Crippen LogP contribution in [0.25, 0.3) is 16.6 Å². The number of Topliss-reactive ketones (excluding diaryl/α,β-unsaturated/α-hetero) is 1. The second-order valence-electron chi connectivity index (χ2n) is 8.82. The van der Waals surface area contributed by atoms with Crippen LogP contribution in [0.5, 0.6) is 5.75 Å². The van der Waals surface area contributed by atoms with Gasteiger partial charge in [0.25, 0.3) is 0 Å². The summed E-state index contributed by atoms with van der Waals surface area (Å²) in [5.74, 6) is 1.20. The van der Waals surface area contributed by atoms with Crippen molar-refractivity contribution < 1.29 is 9.53 Å². The molecule has 33 heavy (non-hydrogen) atoms. The van der Waals surface area contributed by atoms with Gasteiger partial charge in [-0.1, -0.05) is 18.2 Å². The molecule has 1 aliphatic rings. The van der Waals surface area contributed by atoms with E-state index in [9.17, 15) is 4.79 Å². The molecule has 1 aromatic carbocycles. The number of nitrogens with zero attached hydrogens (tertiary/aromatic N) is 5. The van der Waals surface area contributed by atoms with E-state index < -0.39 is 0 Å². The maximum absolute atomic E-state index is 12.9. The van der Waals surface area contributed by atoms with Crippen LogP contribution in [0.4, 0.5) is 0 Å². The van der Waals surface area contributed by atoms with Gasteiger partial charge in [-0.25, -0.2) is 4.68 Å². The lowest BCUT2D eigenvalue weighted by Gasteiger charge is -2.19. The Labute approximate surface area is 193 Å². The molecule has 1 aliphatic heterocycles. The summed E-state index contributed by atoms with van der Waals surface area (Å²) in [6, 6.07) is 15.7. The van der Waals surface area contributed by atoms with E-state index in [4.69, 9.17) is 4.74 Å². The topological polar surface area (TPSA) is 73.1 Å². The molecule has 0 radical (unpaired) electrons. The first-order valence-electron chi connectivity index (χ1n) is 11.2. The lowest BCUT2D eigenvalue weighted by Crippen LogP contribution is -2.28. The third kappa shape index (κ3) is 4.78. The van der Waals surface area contributed by atoms with Crippen LogP contribution in [0.2, 0.25) is 0 Å². The van der Waals surface area contributed by atoms with Crippen molar-refractivity contribution in [3.63, 3.8) is 0 Å². The summed E-state index contributed by atoms with van der Waals surface area (Å²) >= 11 is 0. The molecule has 4 heterocycles. The van der Waals surface area contributed by atoms with Crippen LogP contribution in [0.15, 0.2) is 67.1 Å². The number of hydrogen-bond donors (Lipinski definition) is 0. The zero-order valence-corrected chi connectivity index (χ0v) is 18.9.